The maximum atomic E-state index is 11.9. The highest BCUT2D eigenvalue weighted by molar-refractivity contribution is 6.31. The molecule has 0 atom stereocenters. The van der Waals surface area contributed by atoms with Crippen LogP contribution in [-0.2, 0) is 0 Å². The highest BCUT2D eigenvalue weighted by Gasteiger charge is 2.13. The maximum Gasteiger partial charge on any atom is 0.260 e. The fourth-order valence-corrected chi connectivity index (χ4v) is 1.52. The summed E-state index contributed by atoms with van der Waals surface area (Å²) < 4.78 is 0. The number of aromatic nitrogens is 2. The molecule has 1 aromatic heterocycles. The Kier molecular flexibility index (Phi) is 3.01. The van der Waals surface area contributed by atoms with Gasteiger partial charge in [0.2, 0.25) is 0 Å². The number of aryl methyl sites for hydroxylation is 1. The summed E-state index contributed by atoms with van der Waals surface area (Å²) in [5, 5.41) is 19.0. The summed E-state index contributed by atoms with van der Waals surface area (Å²) in [5.74, 6) is -0.0733. The van der Waals surface area contributed by atoms with Gasteiger partial charge in [0.25, 0.3) is 5.91 Å². The predicted octanol–water partition coefficient (Wildman–Crippen LogP) is 2.33. The number of halogens is 1. The van der Waals surface area contributed by atoms with E-state index in [-0.39, 0.29) is 11.3 Å². The van der Waals surface area contributed by atoms with E-state index in [0.29, 0.717) is 10.8 Å². The number of H-pyrrole nitrogens is 1. The summed E-state index contributed by atoms with van der Waals surface area (Å²) in [5.41, 5.74) is 0.923. The second kappa shape index (κ2) is 4.47. The van der Waals surface area contributed by atoms with E-state index in [9.17, 15) is 9.90 Å². The van der Waals surface area contributed by atoms with E-state index in [1.54, 1.807) is 13.1 Å². The van der Waals surface area contributed by atoms with Crippen LogP contribution in [0.15, 0.2) is 24.4 Å². The molecule has 0 aliphatic rings. The number of phenolic OH excluding ortho intramolecular Hbond substituents is 1. The highest BCUT2D eigenvalue weighted by atomic mass is 35.5. The Balaban J connectivity index is 2.26. The molecule has 0 radical (unpaired) electrons. The average Bonchev–Trinajstić information content (AvgIpc) is 2.68. The first-order valence-corrected chi connectivity index (χ1v) is 5.25. The summed E-state index contributed by atoms with van der Waals surface area (Å²) in [6.45, 7) is 1.80. The molecule has 5 nitrogen and oxygen atoms in total. The molecule has 3 N–H and O–H groups in total. The van der Waals surface area contributed by atoms with Crippen LogP contribution in [0.25, 0.3) is 0 Å². The number of hydrogen-bond donors (Lipinski definition) is 3. The van der Waals surface area contributed by atoms with Gasteiger partial charge in [-0.1, -0.05) is 11.6 Å². The molecule has 1 heterocycles. The first-order chi connectivity index (χ1) is 8.08. The van der Waals surface area contributed by atoms with Gasteiger partial charge >= 0.3 is 0 Å². The largest absolute Gasteiger partial charge is 0.507 e. The van der Waals surface area contributed by atoms with Crippen LogP contribution in [-0.4, -0.2) is 21.2 Å². The predicted molar refractivity (Wildman–Crippen MR) is 64.4 cm³/mol. The molecule has 17 heavy (non-hydrogen) atoms. The Morgan fingerprint density at radius 2 is 2.29 bits per heavy atom. The van der Waals surface area contributed by atoms with Crippen LogP contribution in [0.3, 0.4) is 0 Å². The molecule has 1 aromatic carbocycles. The van der Waals surface area contributed by atoms with Crippen molar-refractivity contribution in [3.05, 3.63) is 40.5 Å². The summed E-state index contributed by atoms with van der Waals surface area (Å²) in [7, 11) is 0. The second-order valence-electron chi connectivity index (χ2n) is 3.54. The summed E-state index contributed by atoms with van der Waals surface area (Å²) >= 11 is 5.76. The fourth-order valence-electron chi connectivity index (χ4n) is 1.34. The Morgan fingerprint density at radius 3 is 2.94 bits per heavy atom. The van der Waals surface area contributed by atoms with Gasteiger partial charge in [-0.25, -0.2) is 0 Å². The van der Waals surface area contributed by atoms with E-state index in [1.807, 2.05) is 0 Å². The number of nitrogens with one attached hydrogen (secondary N) is 2. The van der Waals surface area contributed by atoms with Gasteiger partial charge in [-0.3, -0.25) is 9.89 Å². The molecule has 0 saturated heterocycles. The number of nitrogens with zero attached hydrogens (tertiary/aromatic N) is 1. The third-order valence-corrected chi connectivity index (χ3v) is 2.51. The van der Waals surface area contributed by atoms with E-state index < -0.39 is 5.91 Å². The number of amides is 1. The van der Waals surface area contributed by atoms with Gasteiger partial charge in [-0.05, 0) is 25.1 Å². The number of carbonyl (C=O) groups excluding carboxylic acids is 1. The fraction of sp³-hybridized carbons (Fsp3) is 0.0909. The first kappa shape index (κ1) is 11.5. The van der Waals surface area contributed by atoms with Crippen LogP contribution in [0.2, 0.25) is 5.02 Å². The van der Waals surface area contributed by atoms with Crippen molar-refractivity contribution in [3.63, 3.8) is 0 Å². The summed E-state index contributed by atoms with van der Waals surface area (Å²) in [4.78, 5) is 11.9. The number of aromatic hydroxyl groups is 1. The van der Waals surface area contributed by atoms with Crippen molar-refractivity contribution in [1.29, 1.82) is 0 Å². The van der Waals surface area contributed by atoms with Crippen LogP contribution in [0.1, 0.15) is 15.9 Å². The minimum absolute atomic E-state index is 0.117. The number of rotatable bonds is 2. The van der Waals surface area contributed by atoms with E-state index >= 15 is 0 Å². The van der Waals surface area contributed by atoms with E-state index in [2.05, 4.69) is 15.5 Å². The molecule has 0 aliphatic carbocycles. The monoisotopic (exact) mass is 251 g/mol. The van der Waals surface area contributed by atoms with Gasteiger partial charge in [-0.2, -0.15) is 5.10 Å². The SMILES string of the molecule is Cc1cn[nH]c1NC(=O)c1cc(Cl)ccc1O. The lowest BCUT2D eigenvalue weighted by Gasteiger charge is -2.06. The van der Waals surface area contributed by atoms with Gasteiger partial charge in [-0.15, -0.1) is 0 Å². The van der Waals surface area contributed by atoms with Gasteiger partial charge in [0.1, 0.15) is 11.6 Å². The summed E-state index contributed by atoms with van der Waals surface area (Å²) in [6, 6.07) is 4.28. The second-order valence-corrected chi connectivity index (χ2v) is 3.98. The minimum atomic E-state index is -0.447. The standard InChI is InChI=1S/C11H10ClN3O2/c1-6-5-13-15-10(6)14-11(17)8-4-7(12)2-3-9(8)16/h2-5,16H,1H3,(H2,13,14,15,17). The van der Waals surface area contributed by atoms with Crippen molar-refractivity contribution in [2.45, 2.75) is 6.92 Å². The zero-order valence-corrected chi connectivity index (χ0v) is 9.75. The van der Waals surface area contributed by atoms with Crippen molar-refractivity contribution in [2.24, 2.45) is 0 Å². The molecular formula is C11H10ClN3O2. The Labute approximate surface area is 102 Å². The molecule has 88 valence electrons. The number of hydrogen-bond acceptors (Lipinski definition) is 3. The van der Waals surface area contributed by atoms with E-state index in [1.165, 1.54) is 18.2 Å². The highest BCUT2D eigenvalue weighted by Crippen LogP contribution is 2.22. The van der Waals surface area contributed by atoms with Crippen molar-refractivity contribution in [3.8, 4) is 5.75 Å². The smallest absolute Gasteiger partial charge is 0.260 e. The van der Waals surface area contributed by atoms with Crippen LogP contribution in [0.5, 0.6) is 5.75 Å². The van der Waals surface area contributed by atoms with Gasteiger partial charge in [0.05, 0.1) is 11.8 Å². The lowest BCUT2D eigenvalue weighted by Crippen LogP contribution is -2.13. The van der Waals surface area contributed by atoms with Gasteiger partial charge in [0.15, 0.2) is 0 Å². The number of phenols is 1. The molecule has 0 unspecified atom stereocenters. The molecule has 2 rings (SSSR count). The minimum Gasteiger partial charge on any atom is -0.507 e. The van der Waals surface area contributed by atoms with Crippen LogP contribution in [0, 0.1) is 6.92 Å². The summed E-state index contributed by atoms with van der Waals surface area (Å²) in [6.07, 6.45) is 1.59. The quantitative estimate of drug-likeness (QED) is 0.767. The average molecular weight is 252 g/mol. The Morgan fingerprint density at radius 1 is 1.53 bits per heavy atom. The molecule has 0 bridgehead atoms. The lowest BCUT2D eigenvalue weighted by molar-refractivity contribution is 0.102. The van der Waals surface area contributed by atoms with Crippen molar-refractivity contribution >= 4 is 23.3 Å². The number of carbonyl (C=O) groups is 1. The number of aromatic amines is 1. The van der Waals surface area contributed by atoms with Crippen LogP contribution >= 0.6 is 11.6 Å². The number of anilines is 1. The van der Waals surface area contributed by atoms with E-state index in [0.717, 1.165) is 5.56 Å². The van der Waals surface area contributed by atoms with Crippen molar-refractivity contribution in [1.82, 2.24) is 10.2 Å². The van der Waals surface area contributed by atoms with Crippen LogP contribution < -0.4 is 5.32 Å². The topological polar surface area (TPSA) is 78.0 Å². The molecule has 0 fully saturated rings. The zero-order valence-electron chi connectivity index (χ0n) is 8.99. The van der Waals surface area contributed by atoms with Crippen molar-refractivity contribution < 1.29 is 9.90 Å². The molecule has 6 heteroatoms. The Bertz CT molecular complexity index is 566. The third kappa shape index (κ3) is 2.39. The van der Waals surface area contributed by atoms with Crippen LogP contribution in [0.4, 0.5) is 5.82 Å². The normalized spacial score (nSPS) is 10.2. The third-order valence-electron chi connectivity index (χ3n) is 2.27. The first-order valence-electron chi connectivity index (χ1n) is 4.88. The molecule has 1 amide bonds. The molecule has 0 aliphatic heterocycles. The molecule has 0 saturated carbocycles. The number of benzene rings is 1. The zero-order chi connectivity index (χ0) is 12.4. The van der Waals surface area contributed by atoms with E-state index in [4.69, 9.17) is 11.6 Å². The molecule has 0 spiro atoms. The maximum absolute atomic E-state index is 11.9. The molecular weight excluding hydrogens is 242 g/mol. The van der Waals surface area contributed by atoms with Crippen molar-refractivity contribution in [2.75, 3.05) is 5.32 Å². The lowest BCUT2D eigenvalue weighted by atomic mass is 10.2. The van der Waals surface area contributed by atoms with Gasteiger partial charge in [0, 0.05) is 10.6 Å². The van der Waals surface area contributed by atoms with Gasteiger partial charge < -0.3 is 10.4 Å². The Hall–Kier alpha value is -2.01. The molecule has 2 aromatic rings.